The zero-order chi connectivity index (χ0) is 6.91. The Morgan fingerprint density at radius 1 is 1.56 bits per heavy atom. The molecule has 1 saturated heterocycles. The summed E-state index contributed by atoms with van der Waals surface area (Å²) in [5, 5.41) is 2.37. The maximum atomic E-state index is 12.2. The van der Waals surface area contributed by atoms with Crippen LogP contribution in [0.2, 0.25) is 0 Å². The first-order valence-corrected chi connectivity index (χ1v) is 2.81. The molecule has 0 amide bonds. The summed E-state index contributed by atoms with van der Waals surface area (Å²) in [5.74, 6) is -2.68. The van der Waals surface area contributed by atoms with Gasteiger partial charge in [0, 0.05) is 12.5 Å². The monoisotopic (exact) mass is 139 g/mol. The number of hydrogen-bond donors (Lipinski definition) is 1. The maximum Gasteiger partial charge on any atom is 0.261 e. The molecule has 1 nitrogen and oxygen atoms in total. The molecule has 0 spiro atoms. The van der Waals surface area contributed by atoms with Crippen molar-refractivity contribution in [2.24, 2.45) is 0 Å². The van der Waals surface area contributed by atoms with E-state index >= 15 is 0 Å². The normalized spacial score (nSPS) is 33.0. The Balaban J connectivity index is 2.38. The van der Waals surface area contributed by atoms with Gasteiger partial charge in [0.1, 0.15) is 6.67 Å². The van der Waals surface area contributed by atoms with Crippen molar-refractivity contribution in [3.05, 3.63) is 0 Å². The van der Waals surface area contributed by atoms with Crippen LogP contribution in [0, 0.1) is 0 Å². The molecular formula is C5H8F3N. The summed E-state index contributed by atoms with van der Waals surface area (Å²) in [6.45, 7) is -1.07. The van der Waals surface area contributed by atoms with Crippen molar-refractivity contribution < 1.29 is 13.2 Å². The Hall–Kier alpha value is -0.250. The molecule has 1 fully saturated rings. The smallest absolute Gasteiger partial charge is 0.261 e. The first kappa shape index (κ1) is 6.86. The van der Waals surface area contributed by atoms with Crippen molar-refractivity contribution in [1.82, 2.24) is 5.32 Å². The van der Waals surface area contributed by atoms with E-state index in [4.69, 9.17) is 0 Å². The van der Waals surface area contributed by atoms with E-state index in [-0.39, 0.29) is 13.0 Å². The topological polar surface area (TPSA) is 12.0 Å². The van der Waals surface area contributed by atoms with Gasteiger partial charge < -0.3 is 5.32 Å². The standard InChI is InChI=1S/C5H8F3N/c6-2-4-1-5(7,8)3-9-4/h4,9H,1-3H2/t4-/m1/s1. The van der Waals surface area contributed by atoms with Gasteiger partial charge in [0.25, 0.3) is 5.92 Å². The minimum absolute atomic E-state index is 0.358. The van der Waals surface area contributed by atoms with E-state index in [1.165, 1.54) is 0 Å². The fraction of sp³-hybridized carbons (Fsp3) is 1.00. The van der Waals surface area contributed by atoms with Crippen LogP contribution in [-0.2, 0) is 0 Å². The number of alkyl halides is 3. The quantitative estimate of drug-likeness (QED) is 0.570. The van der Waals surface area contributed by atoms with Gasteiger partial charge >= 0.3 is 0 Å². The van der Waals surface area contributed by atoms with E-state index in [1.807, 2.05) is 0 Å². The highest BCUT2D eigenvalue weighted by atomic mass is 19.3. The van der Waals surface area contributed by atoms with Crippen LogP contribution >= 0.6 is 0 Å². The Morgan fingerprint density at radius 3 is 2.44 bits per heavy atom. The van der Waals surface area contributed by atoms with E-state index in [1.54, 1.807) is 0 Å². The molecule has 4 heteroatoms. The Kier molecular flexibility index (Phi) is 1.66. The molecule has 1 atom stereocenters. The largest absolute Gasteiger partial charge is 0.306 e. The summed E-state index contributed by atoms with van der Waals surface area (Å²) in [6.07, 6.45) is -0.358. The number of hydrogen-bond acceptors (Lipinski definition) is 1. The van der Waals surface area contributed by atoms with Gasteiger partial charge in [-0.1, -0.05) is 0 Å². The number of nitrogens with one attached hydrogen (secondary N) is 1. The lowest BCUT2D eigenvalue weighted by Gasteiger charge is -2.04. The van der Waals surface area contributed by atoms with Crippen molar-refractivity contribution >= 4 is 0 Å². The molecule has 0 unspecified atom stereocenters. The van der Waals surface area contributed by atoms with E-state index in [0.29, 0.717) is 0 Å². The van der Waals surface area contributed by atoms with Gasteiger partial charge in [0.2, 0.25) is 0 Å². The van der Waals surface area contributed by atoms with Crippen LogP contribution in [-0.4, -0.2) is 25.2 Å². The van der Waals surface area contributed by atoms with Crippen LogP contribution in [0.25, 0.3) is 0 Å². The molecule has 0 aliphatic carbocycles. The van der Waals surface area contributed by atoms with Crippen molar-refractivity contribution in [3.63, 3.8) is 0 Å². The minimum atomic E-state index is -2.68. The highest BCUT2D eigenvalue weighted by Crippen LogP contribution is 2.24. The lowest BCUT2D eigenvalue weighted by atomic mass is 10.2. The number of rotatable bonds is 1. The van der Waals surface area contributed by atoms with Crippen LogP contribution in [0.1, 0.15) is 6.42 Å². The summed E-state index contributed by atoms with van der Waals surface area (Å²) >= 11 is 0. The fourth-order valence-corrected chi connectivity index (χ4v) is 0.908. The van der Waals surface area contributed by atoms with Gasteiger partial charge in [-0.3, -0.25) is 0 Å². The molecule has 9 heavy (non-hydrogen) atoms. The van der Waals surface area contributed by atoms with Gasteiger partial charge in [-0.05, 0) is 0 Å². The highest BCUT2D eigenvalue weighted by molar-refractivity contribution is 4.86. The zero-order valence-corrected chi connectivity index (χ0v) is 4.83. The third-order valence-electron chi connectivity index (χ3n) is 1.38. The summed E-state index contributed by atoms with van der Waals surface area (Å²) < 4.78 is 36.0. The van der Waals surface area contributed by atoms with Crippen molar-refractivity contribution in [3.8, 4) is 0 Å². The second-order valence-electron chi connectivity index (χ2n) is 2.29. The van der Waals surface area contributed by atoms with Crippen molar-refractivity contribution in [2.75, 3.05) is 13.2 Å². The van der Waals surface area contributed by atoms with Crippen LogP contribution in [0.15, 0.2) is 0 Å². The van der Waals surface area contributed by atoms with E-state index in [0.717, 1.165) is 0 Å². The Morgan fingerprint density at radius 2 is 2.22 bits per heavy atom. The van der Waals surface area contributed by atoms with Crippen LogP contribution in [0.4, 0.5) is 13.2 Å². The van der Waals surface area contributed by atoms with Gasteiger partial charge in [-0.2, -0.15) is 0 Å². The molecule has 0 aromatic rings. The molecule has 1 rings (SSSR count). The Bertz CT molecular complexity index is 104. The average molecular weight is 139 g/mol. The molecule has 54 valence electrons. The lowest BCUT2D eigenvalue weighted by Crippen LogP contribution is -2.23. The molecule has 0 aromatic heterocycles. The SMILES string of the molecule is FC[C@H]1CC(F)(F)CN1. The lowest BCUT2D eigenvalue weighted by molar-refractivity contribution is 0.0204. The first-order chi connectivity index (χ1) is 4.14. The second kappa shape index (κ2) is 2.17. The van der Waals surface area contributed by atoms with Crippen LogP contribution < -0.4 is 5.32 Å². The summed E-state index contributed by atoms with van der Waals surface area (Å²) in [6, 6.07) is -0.625. The molecule has 1 aliphatic heterocycles. The predicted octanol–water partition coefficient (Wildman–Crippen LogP) is 0.953. The summed E-state index contributed by atoms with van der Waals surface area (Å²) in [5.41, 5.74) is 0. The highest BCUT2D eigenvalue weighted by Gasteiger charge is 2.38. The average Bonchev–Trinajstić information content (AvgIpc) is 2.10. The van der Waals surface area contributed by atoms with E-state index in [2.05, 4.69) is 5.32 Å². The van der Waals surface area contributed by atoms with Gasteiger partial charge in [0.05, 0.1) is 6.54 Å². The van der Waals surface area contributed by atoms with Crippen molar-refractivity contribution in [1.29, 1.82) is 0 Å². The second-order valence-corrected chi connectivity index (χ2v) is 2.29. The molecule has 1 N–H and O–H groups in total. The molecule has 0 aromatic carbocycles. The third-order valence-corrected chi connectivity index (χ3v) is 1.38. The third kappa shape index (κ3) is 1.58. The fourth-order valence-electron chi connectivity index (χ4n) is 0.908. The van der Waals surface area contributed by atoms with Gasteiger partial charge in [0.15, 0.2) is 0 Å². The molecular weight excluding hydrogens is 131 g/mol. The van der Waals surface area contributed by atoms with Crippen LogP contribution in [0.5, 0.6) is 0 Å². The molecule has 1 aliphatic rings. The minimum Gasteiger partial charge on any atom is -0.306 e. The van der Waals surface area contributed by atoms with E-state index in [9.17, 15) is 13.2 Å². The summed E-state index contributed by atoms with van der Waals surface area (Å²) in [7, 11) is 0. The summed E-state index contributed by atoms with van der Waals surface area (Å²) in [4.78, 5) is 0. The molecule has 0 bridgehead atoms. The molecule has 0 saturated carbocycles. The number of halogens is 3. The maximum absolute atomic E-state index is 12.2. The van der Waals surface area contributed by atoms with Gasteiger partial charge in [-0.15, -0.1) is 0 Å². The van der Waals surface area contributed by atoms with Gasteiger partial charge in [-0.25, -0.2) is 13.2 Å². The molecule has 0 radical (unpaired) electrons. The van der Waals surface area contributed by atoms with Crippen LogP contribution in [0.3, 0.4) is 0 Å². The Labute approximate surface area is 51.2 Å². The van der Waals surface area contributed by atoms with E-state index < -0.39 is 18.6 Å². The predicted molar refractivity (Wildman–Crippen MR) is 27.3 cm³/mol. The van der Waals surface area contributed by atoms with Crippen molar-refractivity contribution in [2.45, 2.75) is 18.4 Å². The first-order valence-electron chi connectivity index (χ1n) is 2.81. The zero-order valence-electron chi connectivity index (χ0n) is 4.83. The molecule has 1 heterocycles.